The number of carbonyl (C=O) groups is 2. The van der Waals surface area contributed by atoms with E-state index in [4.69, 9.17) is 21.4 Å². The summed E-state index contributed by atoms with van der Waals surface area (Å²) in [6, 6.07) is 6.88. The number of carboxylic acids is 1. The minimum absolute atomic E-state index is 0.108. The summed E-state index contributed by atoms with van der Waals surface area (Å²) in [7, 11) is 0. The molecule has 0 saturated carbocycles. The Kier molecular flexibility index (Phi) is 4.79. The van der Waals surface area contributed by atoms with Gasteiger partial charge in [-0.15, -0.1) is 0 Å². The zero-order valence-corrected chi connectivity index (χ0v) is 9.24. The van der Waals surface area contributed by atoms with Crippen LogP contribution in [0.1, 0.15) is 18.4 Å². The predicted octanol–water partition coefficient (Wildman–Crippen LogP) is 2.25. The molecule has 0 heterocycles. The van der Waals surface area contributed by atoms with Gasteiger partial charge in [-0.3, -0.25) is 9.59 Å². The van der Waals surface area contributed by atoms with E-state index in [0.717, 1.165) is 5.56 Å². The largest absolute Gasteiger partial charge is 0.481 e. The third-order valence-electron chi connectivity index (χ3n) is 1.86. The molecule has 16 heavy (non-hydrogen) atoms. The van der Waals surface area contributed by atoms with Gasteiger partial charge in [0.15, 0.2) is 0 Å². The molecule has 0 aliphatic carbocycles. The van der Waals surface area contributed by atoms with Crippen molar-refractivity contribution in [1.29, 1.82) is 0 Å². The van der Waals surface area contributed by atoms with E-state index in [9.17, 15) is 9.59 Å². The lowest BCUT2D eigenvalue weighted by Crippen LogP contribution is -2.07. The zero-order valence-electron chi connectivity index (χ0n) is 8.48. The van der Waals surface area contributed by atoms with Gasteiger partial charge in [-0.2, -0.15) is 0 Å². The standard InChI is InChI=1S/C11H11ClO4/c12-9-3-1-8(2-4-9)7-16-11(15)6-5-10(13)14/h1-4H,5-7H2,(H,13,14). The van der Waals surface area contributed by atoms with Gasteiger partial charge in [0.2, 0.25) is 0 Å². The Labute approximate surface area is 97.8 Å². The molecular formula is C11H11ClO4. The summed E-state index contributed by atoms with van der Waals surface area (Å²) in [6.45, 7) is 0.135. The molecule has 0 aromatic heterocycles. The number of rotatable bonds is 5. The normalized spacial score (nSPS) is 9.81. The lowest BCUT2D eigenvalue weighted by atomic mass is 10.2. The third kappa shape index (κ3) is 4.79. The summed E-state index contributed by atoms with van der Waals surface area (Å²) in [5, 5.41) is 8.97. The van der Waals surface area contributed by atoms with Crippen LogP contribution in [0.25, 0.3) is 0 Å². The van der Waals surface area contributed by atoms with E-state index in [-0.39, 0.29) is 19.4 Å². The number of benzene rings is 1. The van der Waals surface area contributed by atoms with Crippen LogP contribution in [-0.2, 0) is 20.9 Å². The first-order chi connectivity index (χ1) is 7.58. The molecule has 0 aliphatic rings. The van der Waals surface area contributed by atoms with E-state index in [0.29, 0.717) is 5.02 Å². The van der Waals surface area contributed by atoms with E-state index in [1.807, 2.05) is 0 Å². The maximum Gasteiger partial charge on any atom is 0.306 e. The van der Waals surface area contributed by atoms with Crippen molar-refractivity contribution in [2.45, 2.75) is 19.4 Å². The van der Waals surface area contributed by atoms with Crippen molar-refractivity contribution in [3.8, 4) is 0 Å². The Bertz CT molecular complexity index is 372. The minimum Gasteiger partial charge on any atom is -0.481 e. The van der Waals surface area contributed by atoms with E-state index < -0.39 is 11.9 Å². The quantitative estimate of drug-likeness (QED) is 0.805. The van der Waals surface area contributed by atoms with Gasteiger partial charge in [-0.1, -0.05) is 23.7 Å². The molecule has 0 unspecified atom stereocenters. The summed E-state index contributed by atoms with van der Waals surface area (Å²) in [6.07, 6.45) is -0.317. The van der Waals surface area contributed by atoms with Gasteiger partial charge in [0.05, 0.1) is 12.8 Å². The summed E-state index contributed by atoms with van der Waals surface area (Å²) < 4.78 is 4.87. The fourth-order valence-corrected chi connectivity index (χ4v) is 1.15. The number of aliphatic carboxylic acids is 1. The molecule has 0 fully saturated rings. The Morgan fingerprint density at radius 1 is 1.19 bits per heavy atom. The molecule has 0 saturated heterocycles. The monoisotopic (exact) mass is 242 g/mol. The second-order valence-corrected chi connectivity index (χ2v) is 3.62. The molecule has 0 atom stereocenters. The average Bonchev–Trinajstić information content (AvgIpc) is 2.25. The second-order valence-electron chi connectivity index (χ2n) is 3.18. The molecular weight excluding hydrogens is 232 g/mol. The van der Waals surface area contributed by atoms with Crippen LogP contribution in [0.4, 0.5) is 0 Å². The molecule has 86 valence electrons. The van der Waals surface area contributed by atoms with Gasteiger partial charge < -0.3 is 9.84 Å². The van der Waals surface area contributed by atoms with Crippen LogP contribution in [0.15, 0.2) is 24.3 Å². The van der Waals surface area contributed by atoms with Crippen LogP contribution in [-0.4, -0.2) is 17.0 Å². The SMILES string of the molecule is O=C(O)CCC(=O)OCc1ccc(Cl)cc1. The number of ether oxygens (including phenoxy) is 1. The molecule has 1 N–H and O–H groups in total. The predicted molar refractivity (Wildman–Crippen MR) is 58.1 cm³/mol. The van der Waals surface area contributed by atoms with Gasteiger partial charge in [0.1, 0.15) is 6.61 Å². The van der Waals surface area contributed by atoms with Crippen molar-refractivity contribution in [3.63, 3.8) is 0 Å². The van der Waals surface area contributed by atoms with Crippen molar-refractivity contribution >= 4 is 23.5 Å². The van der Waals surface area contributed by atoms with Gasteiger partial charge in [-0.05, 0) is 17.7 Å². The number of halogens is 1. The van der Waals surface area contributed by atoms with Crippen molar-refractivity contribution in [2.75, 3.05) is 0 Å². The van der Waals surface area contributed by atoms with Crippen LogP contribution in [0, 0.1) is 0 Å². The first kappa shape index (κ1) is 12.5. The highest BCUT2D eigenvalue weighted by Gasteiger charge is 2.06. The topological polar surface area (TPSA) is 63.6 Å². The van der Waals surface area contributed by atoms with Crippen LogP contribution in [0.5, 0.6) is 0 Å². The van der Waals surface area contributed by atoms with Crippen LogP contribution in [0.2, 0.25) is 5.02 Å². The van der Waals surface area contributed by atoms with Crippen LogP contribution < -0.4 is 0 Å². The Balaban J connectivity index is 2.31. The second kappa shape index (κ2) is 6.12. The lowest BCUT2D eigenvalue weighted by Gasteiger charge is -2.03. The van der Waals surface area contributed by atoms with Crippen molar-refractivity contribution in [2.24, 2.45) is 0 Å². The maximum atomic E-state index is 11.1. The van der Waals surface area contributed by atoms with Gasteiger partial charge in [-0.25, -0.2) is 0 Å². The van der Waals surface area contributed by atoms with Gasteiger partial charge in [0, 0.05) is 5.02 Å². The summed E-state index contributed by atoms with van der Waals surface area (Å²) >= 11 is 5.69. The highest BCUT2D eigenvalue weighted by Crippen LogP contribution is 2.10. The van der Waals surface area contributed by atoms with E-state index in [1.165, 1.54) is 0 Å². The molecule has 0 radical (unpaired) electrons. The smallest absolute Gasteiger partial charge is 0.306 e. The maximum absolute atomic E-state index is 11.1. The molecule has 5 heteroatoms. The van der Waals surface area contributed by atoms with E-state index in [1.54, 1.807) is 24.3 Å². The van der Waals surface area contributed by atoms with E-state index >= 15 is 0 Å². The van der Waals surface area contributed by atoms with Gasteiger partial charge in [0.25, 0.3) is 0 Å². The molecule has 1 aromatic carbocycles. The molecule has 1 rings (SSSR count). The highest BCUT2D eigenvalue weighted by atomic mass is 35.5. The molecule has 0 amide bonds. The number of hydrogen-bond donors (Lipinski definition) is 1. The first-order valence-electron chi connectivity index (χ1n) is 4.70. The molecule has 1 aromatic rings. The number of carboxylic acid groups (broad SMARTS) is 1. The lowest BCUT2D eigenvalue weighted by molar-refractivity contribution is -0.148. The van der Waals surface area contributed by atoms with Gasteiger partial charge >= 0.3 is 11.9 Å². The highest BCUT2D eigenvalue weighted by molar-refractivity contribution is 6.30. The summed E-state index contributed by atoms with van der Waals surface area (Å²) in [4.78, 5) is 21.3. The zero-order chi connectivity index (χ0) is 12.0. The number of hydrogen-bond acceptors (Lipinski definition) is 3. The van der Waals surface area contributed by atoms with Crippen molar-refractivity contribution in [3.05, 3.63) is 34.9 Å². The average molecular weight is 243 g/mol. The molecule has 4 nitrogen and oxygen atoms in total. The minimum atomic E-state index is -1.01. The number of esters is 1. The molecule has 0 spiro atoms. The molecule has 0 aliphatic heterocycles. The first-order valence-corrected chi connectivity index (χ1v) is 5.07. The van der Waals surface area contributed by atoms with Crippen LogP contribution in [0.3, 0.4) is 0 Å². The Morgan fingerprint density at radius 2 is 1.81 bits per heavy atom. The van der Waals surface area contributed by atoms with Crippen molar-refractivity contribution in [1.82, 2.24) is 0 Å². The fraction of sp³-hybridized carbons (Fsp3) is 0.273. The fourth-order valence-electron chi connectivity index (χ4n) is 1.03. The Morgan fingerprint density at radius 3 is 2.38 bits per heavy atom. The van der Waals surface area contributed by atoms with Crippen LogP contribution >= 0.6 is 11.6 Å². The third-order valence-corrected chi connectivity index (χ3v) is 2.11. The summed E-state index contributed by atoms with van der Waals surface area (Å²) in [5.74, 6) is -1.53. The Hall–Kier alpha value is -1.55. The molecule has 0 bridgehead atoms. The number of carbonyl (C=O) groups excluding carboxylic acids is 1. The van der Waals surface area contributed by atoms with Crippen molar-refractivity contribution < 1.29 is 19.4 Å². The summed E-state index contributed by atoms with van der Waals surface area (Å²) in [5.41, 5.74) is 0.813. The van der Waals surface area contributed by atoms with E-state index in [2.05, 4.69) is 0 Å².